The van der Waals surface area contributed by atoms with Gasteiger partial charge < -0.3 is 20.9 Å². The highest BCUT2D eigenvalue weighted by molar-refractivity contribution is 5.94. The standard InChI is InChI=1S/C13H20N4O4/c14-11(3-4-12(18)19)13(20)16-9-6-15-17(7-9)8-10-2-1-5-21-10/h6-7,10-11H,1-5,8,14H2,(H,16,20)(H,18,19). The Morgan fingerprint density at radius 2 is 2.43 bits per heavy atom. The summed E-state index contributed by atoms with van der Waals surface area (Å²) in [5.41, 5.74) is 6.17. The summed E-state index contributed by atoms with van der Waals surface area (Å²) in [4.78, 5) is 22.2. The maximum atomic E-state index is 11.8. The summed E-state index contributed by atoms with van der Waals surface area (Å²) in [6.07, 6.45) is 5.47. The van der Waals surface area contributed by atoms with Crippen LogP contribution in [0.5, 0.6) is 0 Å². The second-order valence-electron chi connectivity index (χ2n) is 5.11. The Morgan fingerprint density at radius 3 is 3.10 bits per heavy atom. The van der Waals surface area contributed by atoms with Crippen LogP contribution in [0.2, 0.25) is 0 Å². The summed E-state index contributed by atoms with van der Waals surface area (Å²) in [6, 6.07) is -0.845. The molecule has 0 saturated carbocycles. The van der Waals surface area contributed by atoms with Crippen molar-refractivity contribution in [1.82, 2.24) is 9.78 Å². The van der Waals surface area contributed by atoms with Gasteiger partial charge in [-0.3, -0.25) is 14.3 Å². The molecular weight excluding hydrogens is 276 g/mol. The molecule has 1 saturated heterocycles. The number of carbonyl (C=O) groups excluding carboxylic acids is 1. The second-order valence-corrected chi connectivity index (χ2v) is 5.11. The molecule has 8 nitrogen and oxygen atoms in total. The van der Waals surface area contributed by atoms with Crippen molar-refractivity contribution in [2.24, 2.45) is 5.73 Å². The number of carbonyl (C=O) groups is 2. The van der Waals surface area contributed by atoms with E-state index in [1.165, 1.54) is 6.20 Å². The van der Waals surface area contributed by atoms with Crippen molar-refractivity contribution in [2.75, 3.05) is 11.9 Å². The fourth-order valence-corrected chi connectivity index (χ4v) is 2.17. The number of anilines is 1. The van der Waals surface area contributed by atoms with Crippen LogP contribution in [0.15, 0.2) is 12.4 Å². The molecule has 1 aliphatic rings. The molecule has 0 radical (unpaired) electrons. The first-order valence-electron chi connectivity index (χ1n) is 6.97. The van der Waals surface area contributed by atoms with Gasteiger partial charge in [-0.25, -0.2) is 0 Å². The minimum absolute atomic E-state index is 0.102. The van der Waals surface area contributed by atoms with E-state index < -0.39 is 17.9 Å². The number of nitrogens with two attached hydrogens (primary N) is 1. The summed E-state index contributed by atoms with van der Waals surface area (Å²) in [5.74, 6) is -1.38. The molecule has 2 rings (SSSR count). The largest absolute Gasteiger partial charge is 0.481 e. The van der Waals surface area contributed by atoms with E-state index in [1.54, 1.807) is 10.9 Å². The first-order valence-corrected chi connectivity index (χ1v) is 6.97. The molecule has 4 N–H and O–H groups in total. The molecular formula is C13H20N4O4. The number of rotatable bonds is 7. The van der Waals surface area contributed by atoms with Crippen molar-refractivity contribution < 1.29 is 19.4 Å². The average molecular weight is 296 g/mol. The molecule has 0 bridgehead atoms. The number of amides is 1. The maximum Gasteiger partial charge on any atom is 0.303 e. The van der Waals surface area contributed by atoms with E-state index in [4.69, 9.17) is 15.6 Å². The number of nitrogens with zero attached hydrogens (tertiary/aromatic N) is 2. The van der Waals surface area contributed by atoms with Crippen LogP contribution in [-0.4, -0.2) is 45.5 Å². The monoisotopic (exact) mass is 296 g/mol. The lowest BCUT2D eigenvalue weighted by atomic mass is 10.1. The second kappa shape index (κ2) is 7.19. The zero-order valence-electron chi connectivity index (χ0n) is 11.7. The molecule has 0 spiro atoms. The Bertz CT molecular complexity index is 496. The molecule has 0 aliphatic carbocycles. The van der Waals surface area contributed by atoms with Crippen LogP contribution < -0.4 is 11.1 Å². The number of aliphatic carboxylic acids is 1. The Labute approximate surface area is 122 Å². The van der Waals surface area contributed by atoms with E-state index in [0.717, 1.165) is 19.4 Å². The molecule has 2 unspecified atom stereocenters. The van der Waals surface area contributed by atoms with E-state index in [0.29, 0.717) is 12.2 Å². The van der Waals surface area contributed by atoms with Gasteiger partial charge in [-0.15, -0.1) is 0 Å². The lowest BCUT2D eigenvalue weighted by Gasteiger charge is -2.10. The minimum Gasteiger partial charge on any atom is -0.481 e. The van der Waals surface area contributed by atoms with Crippen LogP contribution in [0, 0.1) is 0 Å². The Morgan fingerprint density at radius 1 is 1.62 bits per heavy atom. The molecule has 2 heterocycles. The van der Waals surface area contributed by atoms with Gasteiger partial charge in [-0.05, 0) is 19.3 Å². The van der Waals surface area contributed by atoms with Gasteiger partial charge in [0.05, 0.1) is 30.6 Å². The Kier molecular flexibility index (Phi) is 5.29. The first-order chi connectivity index (χ1) is 10.0. The van der Waals surface area contributed by atoms with Gasteiger partial charge in [-0.2, -0.15) is 5.10 Å². The van der Waals surface area contributed by atoms with Gasteiger partial charge in [0.1, 0.15) is 0 Å². The van der Waals surface area contributed by atoms with Crippen molar-refractivity contribution in [1.29, 1.82) is 0 Å². The van der Waals surface area contributed by atoms with Crippen molar-refractivity contribution in [3.63, 3.8) is 0 Å². The Balaban J connectivity index is 1.80. The molecule has 116 valence electrons. The normalized spacial score (nSPS) is 19.4. The topological polar surface area (TPSA) is 119 Å². The zero-order valence-corrected chi connectivity index (χ0v) is 11.7. The third-order valence-corrected chi connectivity index (χ3v) is 3.32. The van der Waals surface area contributed by atoms with E-state index in [-0.39, 0.29) is 18.9 Å². The average Bonchev–Trinajstić information content (AvgIpc) is 3.08. The summed E-state index contributed by atoms with van der Waals surface area (Å²) < 4.78 is 7.23. The smallest absolute Gasteiger partial charge is 0.303 e. The maximum absolute atomic E-state index is 11.8. The van der Waals surface area contributed by atoms with Crippen LogP contribution in [0.4, 0.5) is 5.69 Å². The fourth-order valence-electron chi connectivity index (χ4n) is 2.17. The number of hydrogen-bond acceptors (Lipinski definition) is 5. The van der Waals surface area contributed by atoms with Crippen LogP contribution in [-0.2, 0) is 20.9 Å². The number of hydrogen-bond donors (Lipinski definition) is 3. The van der Waals surface area contributed by atoms with E-state index in [1.807, 2.05) is 0 Å². The number of ether oxygens (including phenoxy) is 1. The molecule has 21 heavy (non-hydrogen) atoms. The van der Waals surface area contributed by atoms with Crippen molar-refractivity contribution in [3.05, 3.63) is 12.4 Å². The van der Waals surface area contributed by atoms with Crippen molar-refractivity contribution >= 4 is 17.6 Å². The fraction of sp³-hybridized carbons (Fsp3) is 0.615. The highest BCUT2D eigenvalue weighted by atomic mass is 16.5. The molecule has 1 aliphatic heterocycles. The van der Waals surface area contributed by atoms with Crippen molar-refractivity contribution in [3.8, 4) is 0 Å². The lowest BCUT2D eigenvalue weighted by Crippen LogP contribution is -2.35. The zero-order chi connectivity index (χ0) is 15.2. The van der Waals surface area contributed by atoms with Gasteiger partial charge in [0.15, 0.2) is 0 Å². The minimum atomic E-state index is -0.970. The third-order valence-electron chi connectivity index (χ3n) is 3.32. The molecule has 2 atom stereocenters. The molecule has 1 amide bonds. The van der Waals surface area contributed by atoms with Crippen LogP contribution >= 0.6 is 0 Å². The quantitative estimate of drug-likeness (QED) is 0.661. The lowest BCUT2D eigenvalue weighted by molar-refractivity contribution is -0.137. The van der Waals surface area contributed by atoms with Crippen LogP contribution in [0.25, 0.3) is 0 Å². The van der Waals surface area contributed by atoms with E-state index >= 15 is 0 Å². The summed E-state index contributed by atoms with van der Waals surface area (Å²) >= 11 is 0. The van der Waals surface area contributed by atoms with Gasteiger partial charge in [0, 0.05) is 19.2 Å². The number of nitrogens with one attached hydrogen (secondary N) is 1. The number of carboxylic acid groups (broad SMARTS) is 1. The molecule has 0 aromatic carbocycles. The van der Waals surface area contributed by atoms with Gasteiger partial charge in [0.2, 0.25) is 5.91 Å². The van der Waals surface area contributed by atoms with Crippen LogP contribution in [0.3, 0.4) is 0 Å². The van der Waals surface area contributed by atoms with Crippen LogP contribution in [0.1, 0.15) is 25.7 Å². The molecule has 1 aromatic heterocycles. The Hall–Kier alpha value is -1.93. The predicted octanol–water partition coefficient (Wildman–Crippen LogP) is 0.193. The van der Waals surface area contributed by atoms with Gasteiger partial charge in [0.25, 0.3) is 0 Å². The molecule has 1 aromatic rings. The predicted molar refractivity (Wildman–Crippen MR) is 74.7 cm³/mol. The SMILES string of the molecule is NC(CCC(=O)O)C(=O)Nc1cnn(CC2CCCO2)c1. The number of carboxylic acids is 1. The van der Waals surface area contributed by atoms with Crippen molar-refractivity contribution in [2.45, 2.75) is 44.4 Å². The van der Waals surface area contributed by atoms with E-state index in [9.17, 15) is 9.59 Å². The third kappa shape index (κ3) is 4.83. The summed E-state index contributed by atoms with van der Waals surface area (Å²) in [5, 5.41) is 15.3. The molecule has 1 fully saturated rings. The first kappa shape index (κ1) is 15.5. The summed E-state index contributed by atoms with van der Waals surface area (Å²) in [7, 11) is 0. The summed E-state index contributed by atoms with van der Waals surface area (Å²) in [6.45, 7) is 1.44. The highest BCUT2D eigenvalue weighted by Gasteiger charge is 2.18. The highest BCUT2D eigenvalue weighted by Crippen LogP contribution is 2.15. The van der Waals surface area contributed by atoms with E-state index in [2.05, 4.69) is 10.4 Å². The van der Waals surface area contributed by atoms with Gasteiger partial charge >= 0.3 is 5.97 Å². The number of aromatic nitrogens is 2. The molecule has 8 heteroatoms. The van der Waals surface area contributed by atoms with Gasteiger partial charge in [-0.1, -0.05) is 0 Å².